The minimum atomic E-state index is 0.442. The fourth-order valence-corrected chi connectivity index (χ4v) is 2.81. The standard InChI is InChI=1S/C17H20N4O2/c1-13-16(10-20-23-13)11-21-7-4-14(5-8-21)12-22-17-15(9-18)3-2-6-19-17/h2-3,6,10,14H,4-5,7-8,11-12H2,1H3. The van der Waals surface area contributed by atoms with E-state index in [0.29, 0.717) is 24.0 Å². The summed E-state index contributed by atoms with van der Waals surface area (Å²) in [7, 11) is 0. The summed E-state index contributed by atoms with van der Waals surface area (Å²) in [5.74, 6) is 1.84. The molecule has 0 radical (unpaired) electrons. The van der Waals surface area contributed by atoms with Crippen molar-refractivity contribution >= 4 is 0 Å². The largest absolute Gasteiger partial charge is 0.476 e. The summed E-state index contributed by atoms with van der Waals surface area (Å²) in [5.41, 5.74) is 1.65. The number of rotatable bonds is 5. The van der Waals surface area contributed by atoms with Gasteiger partial charge in [0.2, 0.25) is 5.88 Å². The molecule has 0 saturated carbocycles. The van der Waals surface area contributed by atoms with E-state index in [9.17, 15) is 0 Å². The Morgan fingerprint density at radius 3 is 2.96 bits per heavy atom. The smallest absolute Gasteiger partial charge is 0.231 e. The van der Waals surface area contributed by atoms with E-state index in [2.05, 4.69) is 21.1 Å². The number of hydrogen-bond acceptors (Lipinski definition) is 6. The molecular formula is C17H20N4O2. The zero-order chi connectivity index (χ0) is 16.1. The molecule has 0 spiro atoms. The second kappa shape index (κ2) is 7.25. The van der Waals surface area contributed by atoms with E-state index in [-0.39, 0.29) is 0 Å². The molecule has 1 aliphatic rings. The Morgan fingerprint density at radius 1 is 1.43 bits per heavy atom. The van der Waals surface area contributed by atoms with Crippen LogP contribution in [0.5, 0.6) is 5.88 Å². The first-order valence-corrected chi connectivity index (χ1v) is 7.86. The second-order valence-corrected chi connectivity index (χ2v) is 5.91. The van der Waals surface area contributed by atoms with Gasteiger partial charge in [-0.2, -0.15) is 5.26 Å². The minimum absolute atomic E-state index is 0.442. The number of aryl methyl sites for hydroxylation is 1. The maximum Gasteiger partial charge on any atom is 0.231 e. The molecule has 0 amide bonds. The molecule has 2 aromatic heterocycles. The molecule has 0 aromatic carbocycles. The topological polar surface area (TPSA) is 75.2 Å². The van der Waals surface area contributed by atoms with E-state index in [1.54, 1.807) is 24.5 Å². The first-order chi connectivity index (χ1) is 11.3. The molecule has 3 heterocycles. The third-order valence-electron chi connectivity index (χ3n) is 4.30. The average Bonchev–Trinajstić information content (AvgIpc) is 2.99. The summed E-state index contributed by atoms with van der Waals surface area (Å²) in [6.07, 6.45) is 5.62. The SMILES string of the molecule is Cc1oncc1CN1CCC(COc2ncccc2C#N)CC1. The minimum Gasteiger partial charge on any atom is -0.476 e. The fourth-order valence-electron chi connectivity index (χ4n) is 2.81. The molecule has 0 atom stereocenters. The average molecular weight is 312 g/mol. The molecule has 0 N–H and O–H groups in total. The lowest BCUT2D eigenvalue weighted by Crippen LogP contribution is -2.35. The van der Waals surface area contributed by atoms with Crippen molar-refractivity contribution in [3.8, 4) is 11.9 Å². The molecule has 120 valence electrons. The number of pyridine rings is 1. The lowest BCUT2D eigenvalue weighted by atomic mass is 9.97. The lowest BCUT2D eigenvalue weighted by Gasteiger charge is -2.31. The molecule has 3 rings (SSSR count). The van der Waals surface area contributed by atoms with Crippen LogP contribution in [0.4, 0.5) is 0 Å². The zero-order valence-electron chi connectivity index (χ0n) is 13.2. The normalized spacial score (nSPS) is 16.2. The highest BCUT2D eigenvalue weighted by molar-refractivity contribution is 5.36. The van der Waals surface area contributed by atoms with Gasteiger partial charge in [-0.15, -0.1) is 0 Å². The van der Waals surface area contributed by atoms with Crippen LogP contribution in [0.15, 0.2) is 29.0 Å². The number of likely N-dealkylation sites (tertiary alicyclic amines) is 1. The molecule has 0 aliphatic carbocycles. The van der Waals surface area contributed by atoms with Crippen LogP contribution in [0, 0.1) is 24.2 Å². The van der Waals surface area contributed by atoms with Gasteiger partial charge >= 0.3 is 0 Å². The summed E-state index contributed by atoms with van der Waals surface area (Å²) in [6, 6.07) is 5.58. The molecule has 1 fully saturated rings. The highest BCUT2D eigenvalue weighted by atomic mass is 16.5. The monoisotopic (exact) mass is 312 g/mol. The quantitative estimate of drug-likeness (QED) is 0.844. The predicted octanol–water partition coefficient (Wildman–Crippen LogP) is 2.54. The number of hydrogen-bond donors (Lipinski definition) is 0. The first kappa shape index (κ1) is 15.5. The van der Waals surface area contributed by atoms with Crippen LogP contribution in [0.2, 0.25) is 0 Å². The van der Waals surface area contributed by atoms with Crippen molar-refractivity contribution < 1.29 is 9.26 Å². The summed E-state index contributed by atoms with van der Waals surface area (Å²) < 4.78 is 10.9. The second-order valence-electron chi connectivity index (χ2n) is 5.91. The number of aromatic nitrogens is 2. The predicted molar refractivity (Wildman–Crippen MR) is 83.7 cm³/mol. The third-order valence-corrected chi connectivity index (χ3v) is 4.30. The molecule has 6 heteroatoms. The van der Waals surface area contributed by atoms with E-state index in [0.717, 1.165) is 43.8 Å². The highest BCUT2D eigenvalue weighted by Gasteiger charge is 2.21. The Morgan fingerprint density at radius 2 is 2.26 bits per heavy atom. The van der Waals surface area contributed by atoms with Crippen molar-refractivity contribution in [2.45, 2.75) is 26.3 Å². The maximum absolute atomic E-state index is 9.05. The van der Waals surface area contributed by atoms with Gasteiger partial charge in [-0.1, -0.05) is 5.16 Å². The molecule has 0 bridgehead atoms. The molecule has 1 saturated heterocycles. The Labute approximate surface area is 135 Å². The van der Waals surface area contributed by atoms with E-state index in [1.165, 1.54) is 0 Å². The summed E-state index contributed by atoms with van der Waals surface area (Å²) in [6.45, 7) is 5.52. The van der Waals surface area contributed by atoms with Crippen LogP contribution in [0.3, 0.4) is 0 Å². The van der Waals surface area contributed by atoms with Crippen molar-refractivity contribution in [2.24, 2.45) is 5.92 Å². The molecular weight excluding hydrogens is 292 g/mol. The van der Waals surface area contributed by atoms with Gasteiger partial charge in [-0.05, 0) is 50.9 Å². The Balaban J connectivity index is 1.46. The molecule has 6 nitrogen and oxygen atoms in total. The van der Waals surface area contributed by atoms with E-state index in [4.69, 9.17) is 14.5 Å². The van der Waals surface area contributed by atoms with Crippen molar-refractivity contribution in [3.63, 3.8) is 0 Å². The Bertz CT molecular complexity index is 684. The van der Waals surface area contributed by atoms with Gasteiger partial charge in [0, 0.05) is 18.3 Å². The van der Waals surface area contributed by atoms with Gasteiger partial charge in [0.1, 0.15) is 17.4 Å². The molecule has 23 heavy (non-hydrogen) atoms. The molecule has 2 aromatic rings. The number of nitriles is 1. The van der Waals surface area contributed by atoms with Crippen molar-refractivity contribution in [1.82, 2.24) is 15.0 Å². The van der Waals surface area contributed by atoms with Crippen LogP contribution >= 0.6 is 0 Å². The van der Waals surface area contributed by atoms with Gasteiger partial charge < -0.3 is 9.26 Å². The zero-order valence-corrected chi connectivity index (χ0v) is 13.2. The molecule has 0 unspecified atom stereocenters. The van der Waals surface area contributed by atoms with Gasteiger partial charge in [-0.3, -0.25) is 4.90 Å². The van der Waals surface area contributed by atoms with Gasteiger partial charge in [0.25, 0.3) is 0 Å². The first-order valence-electron chi connectivity index (χ1n) is 7.86. The molecule has 1 aliphatic heterocycles. The Hall–Kier alpha value is -2.39. The van der Waals surface area contributed by atoms with Gasteiger partial charge in [0.15, 0.2) is 0 Å². The number of ether oxygens (including phenoxy) is 1. The Kier molecular flexibility index (Phi) is 4.89. The van der Waals surface area contributed by atoms with Crippen LogP contribution in [-0.4, -0.2) is 34.7 Å². The van der Waals surface area contributed by atoms with Crippen molar-refractivity contribution in [2.75, 3.05) is 19.7 Å². The van der Waals surface area contributed by atoms with Crippen molar-refractivity contribution in [1.29, 1.82) is 5.26 Å². The van der Waals surface area contributed by atoms with E-state index in [1.807, 2.05) is 6.92 Å². The van der Waals surface area contributed by atoms with Crippen LogP contribution in [0.25, 0.3) is 0 Å². The lowest BCUT2D eigenvalue weighted by molar-refractivity contribution is 0.134. The van der Waals surface area contributed by atoms with E-state index < -0.39 is 0 Å². The highest BCUT2D eigenvalue weighted by Crippen LogP contribution is 2.22. The van der Waals surface area contributed by atoms with Crippen LogP contribution < -0.4 is 4.74 Å². The maximum atomic E-state index is 9.05. The van der Waals surface area contributed by atoms with Gasteiger partial charge in [0.05, 0.1) is 12.8 Å². The summed E-state index contributed by atoms with van der Waals surface area (Å²) >= 11 is 0. The van der Waals surface area contributed by atoms with Crippen LogP contribution in [0.1, 0.15) is 29.7 Å². The number of piperidine rings is 1. The number of nitrogens with zero attached hydrogens (tertiary/aromatic N) is 4. The fraction of sp³-hybridized carbons (Fsp3) is 0.471. The van der Waals surface area contributed by atoms with Crippen molar-refractivity contribution in [3.05, 3.63) is 41.4 Å². The van der Waals surface area contributed by atoms with E-state index >= 15 is 0 Å². The van der Waals surface area contributed by atoms with Gasteiger partial charge in [-0.25, -0.2) is 4.98 Å². The summed E-state index contributed by atoms with van der Waals surface area (Å²) in [5, 5.41) is 12.9. The summed E-state index contributed by atoms with van der Waals surface area (Å²) in [4.78, 5) is 6.55. The third kappa shape index (κ3) is 3.88. The van der Waals surface area contributed by atoms with Crippen LogP contribution in [-0.2, 0) is 6.54 Å².